The number of rotatable bonds is 20. The molecule has 0 unspecified atom stereocenters. The molecule has 29 nitrogen and oxygen atoms in total. The van der Waals surface area contributed by atoms with Crippen molar-refractivity contribution in [3.8, 4) is 45.3 Å². The van der Waals surface area contributed by atoms with Gasteiger partial charge in [0.25, 0.3) is 0 Å². The van der Waals surface area contributed by atoms with Crippen LogP contribution >= 0.6 is 0 Å². The number of H-pyrrole nitrogens is 4. The minimum absolute atomic E-state index is 0.0313. The molecule has 0 radical (unpaired) electrons. The minimum atomic E-state index is -0.272. The molecule has 17 aromatic rings. The van der Waals surface area contributed by atoms with E-state index in [2.05, 4.69) is 225 Å². The molecule has 708 valence electrons. The number of nitrogens with one attached hydrogen (secondary N) is 7. The summed E-state index contributed by atoms with van der Waals surface area (Å²) in [6.45, 7) is 20.0. The zero-order valence-corrected chi connectivity index (χ0v) is 78.6. The highest BCUT2D eigenvalue weighted by atomic mass is 19.1. The second kappa shape index (κ2) is 43.1. The lowest BCUT2D eigenvalue weighted by molar-refractivity contribution is -0.131. The van der Waals surface area contributed by atoms with Crippen LogP contribution in [-0.2, 0) is 30.7 Å². The topological polar surface area (TPSA) is 315 Å². The van der Waals surface area contributed by atoms with Gasteiger partial charge in [-0.3, -0.25) is 4.79 Å². The molecule has 0 spiro atoms. The smallest absolute Gasteiger partial charge is 0.317 e. The third-order valence-electron chi connectivity index (χ3n) is 26.2. The van der Waals surface area contributed by atoms with Gasteiger partial charge in [0.05, 0.1) is 41.8 Å². The third-order valence-corrected chi connectivity index (χ3v) is 26.2. The van der Waals surface area contributed by atoms with Gasteiger partial charge in [-0.1, -0.05) is 151 Å². The summed E-state index contributed by atoms with van der Waals surface area (Å²) in [6, 6.07) is 73.7. The van der Waals surface area contributed by atoms with Crippen molar-refractivity contribution in [3.63, 3.8) is 0 Å². The summed E-state index contributed by atoms with van der Waals surface area (Å²) in [5, 5.41) is 15.4. The Hall–Kier alpha value is -16.3. The van der Waals surface area contributed by atoms with Crippen LogP contribution in [0.25, 0.3) is 88.7 Å². The Balaban J connectivity index is 0.000000123. The first kappa shape index (κ1) is 93.1. The van der Waals surface area contributed by atoms with Crippen molar-refractivity contribution in [1.82, 2.24) is 95.4 Å². The molecule has 0 bridgehead atoms. The van der Waals surface area contributed by atoms with Crippen LogP contribution in [0.15, 0.2) is 262 Å². The normalized spacial score (nSPS) is 14.1. The van der Waals surface area contributed by atoms with Crippen molar-refractivity contribution in [1.29, 1.82) is 0 Å². The first-order chi connectivity index (χ1) is 67.8. The molecular formula is C108H111F2N23O6. The summed E-state index contributed by atoms with van der Waals surface area (Å²) >= 11 is 0. The number of benzene rings is 9. The number of carbonyl (C=O) groups is 4. The van der Waals surface area contributed by atoms with Crippen molar-refractivity contribution in [2.24, 2.45) is 0 Å². The SMILES string of the molecule is COc1ccc(CNC(=O)N2CCN(c3ncnc4[nH]c(-c5ccc(F)cc5)cc34)CC2)cc1.COc1cccc(CNC(=O)N2CCN(c3ncnc4[nH]c(-c5ccc(F)cc5)cc34)CC2)c1.Cc1ccc(-c2cc3c(N4CCN(C(=O)N[C@@H](C)c5cccc6ccccc56)CC4)ncnc3[nH]2)cc1.Cc1ccc(CCC(=O)N2CCN(c3ncnc4[nH]cc(Cc5ccccc5C)c34)CC2)cc1. The van der Waals surface area contributed by atoms with Gasteiger partial charge in [-0.15, -0.1) is 0 Å². The van der Waals surface area contributed by atoms with Gasteiger partial charge in [-0.05, 0) is 192 Å². The van der Waals surface area contributed by atoms with Crippen LogP contribution in [0.2, 0.25) is 0 Å². The van der Waals surface area contributed by atoms with Crippen molar-refractivity contribution in [2.75, 3.05) is 139 Å². The second-order valence-electron chi connectivity index (χ2n) is 35.2. The highest BCUT2D eigenvalue weighted by Crippen LogP contribution is 2.36. The maximum Gasteiger partial charge on any atom is 0.317 e. The Labute approximate surface area is 804 Å². The maximum atomic E-state index is 13.3. The summed E-state index contributed by atoms with van der Waals surface area (Å²) in [6.07, 6.45) is 10.6. The third kappa shape index (κ3) is 22.3. The quantitative estimate of drug-likeness (QED) is 0.0373. The molecule has 4 fully saturated rings. The van der Waals surface area contributed by atoms with Crippen molar-refractivity contribution in [2.45, 2.75) is 66.1 Å². The molecule has 4 aliphatic rings. The van der Waals surface area contributed by atoms with Crippen molar-refractivity contribution in [3.05, 3.63) is 324 Å². The number of halogens is 2. The van der Waals surface area contributed by atoms with Gasteiger partial charge in [0.1, 0.15) is 94.3 Å². The highest BCUT2D eigenvalue weighted by Gasteiger charge is 2.31. The fraction of sp³-hybridized carbons (Fsp3) is 0.259. The number of urea groups is 3. The fourth-order valence-corrected chi connectivity index (χ4v) is 18.2. The Bertz CT molecular complexity index is 7120. The number of amides is 7. The molecular weight excluding hydrogens is 1750 g/mol. The van der Waals surface area contributed by atoms with E-state index in [4.69, 9.17) is 9.47 Å². The molecule has 4 saturated heterocycles. The van der Waals surface area contributed by atoms with Gasteiger partial charge in [0.15, 0.2) is 0 Å². The van der Waals surface area contributed by atoms with Gasteiger partial charge < -0.3 is 84.6 Å². The number of aromatic amines is 4. The lowest BCUT2D eigenvalue weighted by Gasteiger charge is -2.36. The Kier molecular flexibility index (Phi) is 28.9. The van der Waals surface area contributed by atoms with E-state index in [1.807, 2.05) is 105 Å². The van der Waals surface area contributed by atoms with Crippen LogP contribution in [0, 0.1) is 32.4 Å². The molecule has 0 saturated carbocycles. The predicted molar refractivity (Wildman–Crippen MR) is 542 cm³/mol. The number of nitrogens with zero attached hydrogens (tertiary/aromatic N) is 16. The summed E-state index contributed by atoms with van der Waals surface area (Å²) in [5.74, 6) is 4.76. The number of fused-ring (bicyclic) bond motifs is 5. The molecule has 7 amide bonds. The van der Waals surface area contributed by atoms with Crippen LogP contribution in [0.5, 0.6) is 11.5 Å². The monoisotopic (exact) mass is 1860 g/mol. The number of anilines is 4. The van der Waals surface area contributed by atoms with Crippen LogP contribution in [-0.4, -0.2) is 222 Å². The van der Waals surface area contributed by atoms with E-state index in [1.54, 1.807) is 51.1 Å². The molecule has 8 aromatic heterocycles. The number of hydrogen-bond acceptors (Lipinski definition) is 18. The van der Waals surface area contributed by atoms with Crippen LogP contribution in [0.4, 0.5) is 46.4 Å². The Morgan fingerprint density at radius 2 is 0.813 bits per heavy atom. The zero-order chi connectivity index (χ0) is 95.8. The van der Waals surface area contributed by atoms with Gasteiger partial charge >= 0.3 is 18.1 Å². The van der Waals surface area contributed by atoms with E-state index in [0.717, 1.165) is 168 Å². The van der Waals surface area contributed by atoms with Crippen LogP contribution in [0.3, 0.4) is 0 Å². The molecule has 0 aliphatic carbocycles. The van der Waals surface area contributed by atoms with E-state index in [-0.39, 0.29) is 41.7 Å². The molecule has 12 heterocycles. The summed E-state index contributed by atoms with van der Waals surface area (Å²) < 4.78 is 37.0. The Morgan fingerprint density at radius 1 is 0.388 bits per heavy atom. The predicted octanol–water partition coefficient (Wildman–Crippen LogP) is 17.7. The lowest BCUT2D eigenvalue weighted by Crippen LogP contribution is -2.52. The largest absolute Gasteiger partial charge is 0.497 e. The standard InChI is InChI=1S/C30H30N6O.C28H31N5O.2C25H25FN6O2/c1-20-10-12-23(13-11-20)27-18-26-28(34-27)31-19-32-29(26)35-14-16-36(17-15-35)30(37)33-21(2)24-9-5-7-22-6-3-4-8-25(22)24;1-20-7-9-22(10-8-20)11-12-25(34)32-13-15-33(16-14-32)28-26-24(18-29-27(26)30-19-31-28)17-23-6-4-3-5-21(23)2;1-34-20-8-2-17(3-9-20)15-27-25(33)32-12-10-31(11-13-32)24-21-14-22(30-23(21)28-16-29-24)18-4-6-19(26)7-5-18;1-34-20-4-2-3-17(13-20)15-27-25(33)32-11-9-31(10-12-32)24-21-14-22(30-23(21)28-16-29-24)18-5-7-19(26)8-6-18/h3-13,18-19,21H,14-17H2,1-2H3,(H,33,37)(H,31,32,34);3-10,18-19H,11-17H2,1-2H3,(H,29,30,31);2-9,14,16H,10-13,15H2,1H3,(H,27,33)(H,28,29,30);2-8,13-14,16H,9-12,15H2,1H3,(H,27,33)(H,28,29,30)/t21-;;;/m0.../s1. The average Bonchev–Trinajstić information content (AvgIpc) is 1.71. The van der Waals surface area contributed by atoms with Gasteiger partial charge in [-0.2, -0.15) is 0 Å². The molecule has 139 heavy (non-hydrogen) atoms. The Morgan fingerprint density at radius 3 is 1.32 bits per heavy atom. The van der Waals surface area contributed by atoms with E-state index in [0.29, 0.717) is 98.0 Å². The number of carbonyl (C=O) groups excluding carboxylic acids is 4. The first-order valence-corrected chi connectivity index (χ1v) is 47.0. The van der Waals surface area contributed by atoms with E-state index >= 15 is 0 Å². The van der Waals surface area contributed by atoms with Crippen LogP contribution < -0.4 is 45.0 Å². The van der Waals surface area contributed by atoms with Gasteiger partial charge in [-0.25, -0.2) is 63.0 Å². The number of aromatic nitrogens is 12. The number of aryl methyl sites for hydroxylation is 4. The van der Waals surface area contributed by atoms with Crippen molar-refractivity contribution >= 4 is 102 Å². The highest BCUT2D eigenvalue weighted by molar-refractivity contribution is 5.96. The van der Waals surface area contributed by atoms with Crippen molar-refractivity contribution < 1.29 is 37.4 Å². The summed E-state index contributed by atoms with van der Waals surface area (Å²) in [4.78, 5) is 117. The molecule has 1 atom stereocenters. The minimum Gasteiger partial charge on any atom is -0.497 e. The summed E-state index contributed by atoms with van der Waals surface area (Å²) in [7, 11) is 3.25. The van der Waals surface area contributed by atoms with Gasteiger partial charge in [0, 0.05) is 154 Å². The zero-order valence-electron chi connectivity index (χ0n) is 78.6. The average molecular weight is 1870 g/mol. The first-order valence-electron chi connectivity index (χ1n) is 47.0. The van der Waals surface area contributed by atoms with E-state index < -0.39 is 0 Å². The summed E-state index contributed by atoms with van der Waals surface area (Å²) in [5.41, 5.74) is 19.4. The van der Waals surface area contributed by atoms with E-state index in [9.17, 15) is 28.0 Å². The molecule has 7 N–H and O–H groups in total. The number of ether oxygens (including phenoxy) is 2. The van der Waals surface area contributed by atoms with E-state index in [1.165, 1.54) is 81.1 Å². The molecule has 4 aliphatic heterocycles. The number of piperazine rings is 4. The molecule has 31 heteroatoms. The lowest BCUT2D eigenvalue weighted by atomic mass is 10.00. The molecule has 21 rings (SSSR count). The fourth-order valence-electron chi connectivity index (χ4n) is 18.2. The second-order valence-corrected chi connectivity index (χ2v) is 35.2. The molecule has 9 aromatic carbocycles. The maximum absolute atomic E-state index is 13.3. The van der Waals surface area contributed by atoms with Gasteiger partial charge in [0.2, 0.25) is 5.91 Å². The number of hydrogen-bond donors (Lipinski definition) is 7. The van der Waals surface area contributed by atoms with Crippen LogP contribution in [0.1, 0.15) is 69.5 Å². The number of methoxy groups -OCH3 is 2.